The van der Waals surface area contributed by atoms with E-state index in [0.29, 0.717) is 37.2 Å². The van der Waals surface area contributed by atoms with E-state index in [4.69, 9.17) is 33.1 Å². The first-order chi connectivity index (χ1) is 24.3. The molecule has 1 saturated heterocycles. The van der Waals surface area contributed by atoms with E-state index in [1.807, 2.05) is 97.1 Å². The van der Waals surface area contributed by atoms with Gasteiger partial charge in [0, 0.05) is 0 Å². The Kier molecular flexibility index (Phi) is 11.5. The third-order valence-corrected chi connectivity index (χ3v) is 9.32. The maximum Gasteiger partial charge on any atom is 0.259 e. The second kappa shape index (κ2) is 16.9. The maximum atomic E-state index is 6.92. The summed E-state index contributed by atoms with van der Waals surface area (Å²) in [4.78, 5) is 4.76. The number of oxazole rings is 1. The fourth-order valence-electron chi connectivity index (χ4n) is 5.84. The fourth-order valence-corrected chi connectivity index (χ4v) is 6.90. The van der Waals surface area contributed by atoms with E-state index in [-0.39, 0.29) is 6.61 Å². The molecule has 1 aromatic heterocycles. The molecule has 0 spiro atoms. The van der Waals surface area contributed by atoms with Gasteiger partial charge in [-0.05, 0) is 46.1 Å². The van der Waals surface area contributed by atoms with Gasteiger partial charge in [0.1, 0.15) is 35.4 Å². The molecule has 1 fully saturated rings. The average molecular weight is 674 g/mol. The zero-order valence-electron chi connectivity index (χ0n) is 27.1. The molecule has 1 aliphatic heterocycles. The minimum atomic E-state index is -0.546. The summed E-state index contributed by atoms with van der Waals surface area (Å²) >= 11 is 1.39. The predicted octanol–water partition coefficient (Wildman–Crippen LogP) is 8.62. The van der Waals surface area contributed by atoms with Crippen LogP contribution < -0.4 is 0 Å². The summed E-state index contributed by atoms with van der Waals surface area (Å²) in [5, 5.41) is 0.494. The molecule has 250 valence electrons. The van der Waals surface area contributed by atoms with E-state index in [0.717, 1.165) is 27.8 Å². The first kappa shape index (κ1) is 33.2. The van der Waals surface area contributed by atoms with Crippen molar-refractivity contribution in [1.82, 2.24) is 4.98 Å². The van der Waals surface area contributed by atoms with Gasteiger partial charge in [-0.1, -0.05) is 133 Å². The van der Waals surface area contributed by atoms with Crippen LogP contribution in [-0.2, 0) is 50.1 Å². The van der Waals surface area contributed by atoms with Crippen LogP contribution in [0.15, 0.2) is 155 Å². The number of aromatic nitrogens is 1. The Morgan fingerprint density at radius 3 is 1.53 bits per heavy atom. The van der Waals surface area contributed by atoms with Crippen molar-refractivity contribution in [2.75, 3.05) is 6.61 Å². The molecule has 1 aliphatic rings. The fraction of sp³-hybridized carbons (Fsp3) is 0.244. The summed E-state index contributed by atoms with van der Waals surface area (Å²) in [5.74, 6) is 0. The number of nitrogens with zero attached hydrogens (tertiary/aromatic N) is 1. The normalized spacial score (nSPS) is 20.8. The van der Waals surface area contributed by atoms with Gasteiger partial charge in [-0.25, -0.2) is 4.98 Å². The quantitative estimate of drug-likeness (QED) is 0.107. The molecule has 5 atom stereocenters. The first-order valence-corrected chi connectivity index (χ1v) is 17.4. The highest BCUT2D eigenvalue weighted by atomic mass is 32.2. The lowest BCUT2D eigenvalue weighted by Gasteiger charge is -2.45. The lowest BCUT2D eigenvalue weighted by Crippen LogP contribution is -2.60. The van der Waals surface area contributed by atoms with Crippen molar-refractivity contribution in [3.63, 3.8) is 0 Å². The molecule has 7 nitrogen and oxygen atoms in total. The molecule has 6 aromatic rings. The SMILES string of the molecule is c1ccc(COC[C@H]2O[C@H](Sc3nc4ccccc4o3)[C@@H](OCc3ccccc3)[C@@H](OCc3ccccc3)[C@@H]2OCc2ccccc2)cc1. The number of para-hydroxylation sites is 2. The number of hydrogen-bond acceptors (Lipinski definition) is 8. The van der Waals surface area contributed by atoms with Gasteiger partial charge >= 0.3 is 0 Å². The highest BCUT2D eigenvalue weighted by Gasteiger charge is 2.49. The van der Waals surface area contributed by atoms with Crippen molar-refractivity contribution in [1.29, 1.82) is 0 Å². The van der Waals surface area contributed by atoms with Crippen LogP contribution in [-0.4, -0.2) is 41.4 Å². The molecule has 0 N–H and O–H groups in total. The van der Waals surface area contributed by atoms with Gasteiger partial charge < -0.3 is 28.1 Å². The smallest absolute Gasteiger partial charge is 0.259 e. The molecule has 0 unspecified atom stereocenters. The van der Waals surface area contributed by atoms with Crippen LogP contribution in [0.1, 0.15) is 22.3 Å². The second-order valence-corrected chi connectivity index (χ2v) is 12.9. The topological polar surface area (TPSA) is 72.2 Å². The summed E-state index contributed by atoms with van der Waals surface area (Å²) in [6.07, 6.45) is -2.06. The van der Waals surface area contributed by atoms with E-state index in [9.17, 15) is 0 Å². The summed E-state index contributed by atoms with van der Waals surface area (Å²) in [7, 11) is 0. The van der Waals surface area contributed by atoms with Crippen molar-refractivity contribution in [3.05, 3.63) is 168 Å². The van der Waals surface area contributed by atoms with Crippen molar-refractivity contribution in [2.24, 2.45) is 0 Å². The first-order valence-electron chi connectivity index (χ1n) is 16.5. The van der Waals surface area contributed by atoms with Crippen LogP contribution in [0.4, 0.5) is 0 Å². The van der Waals surface area contributed by atoms with Gasteiger partial charge in [0.05, 0.1) is 33.0 Å². The molecule has 0 bridgehead atoms. The Morgan fingerprint density at radius 1 is 0.510 bits per heavy atom. The third-order valence-electron chi connectivity index (χ3n) is 8.33. The maximum absolute atomic E-state index is 6.92. The van der Waals surface area contributed by atoms with Gasteiger partial charge in [0.15, 0.2) is 5.58 Å². The summed E-state index contributed by atoms with van der Waals surface area (Å²) in [6.45, 7) is 1.85. The number of benzene rings is 5. The highest BCUT2D eigenvalue weighted by molar-refractivity contribution is 7.99. The van der Waals surface area contributed by atoms with E-state index in [2.05, 4.69) is 48.5 Å². The van der Waals surface area contributed by atoms with E-state index < -0.39 is 29.9 Å². The Labute approximate surface area is 291 Å². The lowest BCUT2D eigenvalue weighted by molar-refractivity contribution is -0.254. The van der Waals surface area contributed by atoms with Crippen molar-refractivity contribution >= 4 is 22.9 Å². The number of fused-ring (bicyclic) bond motifs is 1. The van der Waals surface area contributed by atoms with Crippen molar-refractivity contribution < 1.29 is 28.1 Å². The van der Waals surface area contributed by atoms with Gasteiger partial charge in [0.2, 0.25) is 0 Å². The van der Waals surface area contributed by atoms with Gasteiger partial charge in [0.25, 0.3) is 5.22 Å². The molecule has 2 heterocycles. The molecule has 0 amide bonds. The Balaban J connectivity index is 1.21. The molecule has 8 heteroatoms. The van der Waals surface area contributed by atoms with Crippen LogP contribution in [0.5, 0.6) is 0 Å². The lowest BCUT2D eigenvalue weighted by atomic mass is 9.98. The van der Waals surface area contributed by atoms with Gasteiger partial charge in [-0.15, -0.1) is 0 Å². The van der Waals surface area contributed by atoms with Crippen molar-refractivity contribution in [3.8, 4) is 0 Å². The monoisotopic (exact) mass is 673 g/mol. The number of thioether (sulfide) groups is 1. The Morgan fingerprint density at radius 2 is 0.980 bits per heavy atom. The predicted molar refractivity (Wildman–Crippen MR) is 190 cm³/mol. The standard InChI is InChI=1S/C41H39NO6S/c1-5-15-30(16-6-1)25-43-29-36-37(44-26-31-17-7-2-8-18-31)38(45-27-32-19-9-3-10-20-32)39(46-28-33-21-11-4-12-22-33)40(47-36)49-41-42-34-23-13-14-24-35(34)48-41/h1-24,36-40H,25-29H2/t36-,37-,38+,39+,40-/m1/s1. The molecular formula is C41H39NO6S. The van der Waals surface area contributed by atoms with E-state index >= 15 is 0 Å². The molecule has 0 saturated carbocycles. The minimum Gasteiger partial charge on any atom is -0.431 e. The molecular weight excluding hydrogens is 635 g/mol. The van der Waals surface area contributed by atoms with Gasteiger partial charge in [-0.2, -0.15) is 0 Å². The summed E-state index contributed by atoms with van der Waals surface area (Å²) in [6, 6.07) is 48.3. The van der Waals surface area contributed by atoms with E-state index in [1.165, 1.54) is 11.8 Å². The van der Waals surface area contributed by atoms with Gasteiger partial charge in [-0.3, -0.25) is 0 Å². The second-order valence-electron chi connectivity index (χ2n) is 11.9. The average Bonchev–Trinajstić information content (AvgIpc) is 3.57. The Hall–Kier alpha value is -4.28. The highest BCUT2D eigenvalue weighted by Crippen LogP contribution is 2.39. The van der Waals surface area contributed by atoms with Crippen LogP contribution in [0.25, 0.3) is 11.1 Å². The van der Waals surface area contributed by atoms with Crippen LogP contribution in [0.2, 0.25) is 0 Å². The molecule has 0 aliphatic carbocycles. The summed E-state index contributed by atoms with van der Waals surface area (Å²) < 4.78 is 39.8. The largest absolute Gasteiger partial charge is 0.431 e. The zero-order valence-corrected chi connectivity index (χ0v) is 27.9. The molecule has 5 aromatic carbocycles. The zero-order chi connectivity index (χ0) is 33.1. The Bertz CT molecular complexity index is 1810. The summed E-state index contributed by atoms with van der Waals surface area (Å²) in [5.41, 5.74) is 5.19. The number of hydrogen-bond donors (Lipinski definition) is 0. The van der Waals surface area contributed by atoms with Crippen LogP contribution >= 0.6 is 11.8 Å². The van der Waals surface area contributed by atoms with E-state index in [1.54, 1.807) is 0 Å². The molecule has 7 rings (SSSR count). The van der Waals surface area contributed by atoms with Crippen LogP contribution in [0, 0.1) is 0 Å². The number of ether oxygens (including phenoxy) is 5. The molecule has 0 radical (unpaired) electrons. The minimum absolute atomic E-state index is 0.287. The third kappa shape index (κ3) is 9.05. The van der Waals surface area contributed by atoms with Crippen molar-refractivity contribution in [2.45, 2.75) is 61.5 Å². The molecule has 49 heavy (non-hydrogen) atoms. The number of rotatable bonds is 15. The van der Waals surface area contributed by atoms with Crippen LogP contribution in [0.3, 0.4) is 0 Å².